The highest BCUT2D eigenvalue weighted by atomic mass is 35.5. The minimum Gasteiger partial charge on any atom is -0.507 e. The Labute approximate surface area is 114 Å². The first kappa shape index (κ1) is 13.7. The molecule has 0 unspecified atom stereocenters. The van der Waals surface area contributed by atoms with Gasteiger partial charge in [-0.3, -0.25) is 0 Å². The smallest absolute Gasteiger partial charge is 0.122 e. The maximum Gasteiger partial charge on any atom is 0.122 e. The van der Waals surface area contributed by atoms with Gasteiger partial charge in [0.05, 0.1) is 0 Å². The number of benzene rings is 1. The molecule has 18 heavy (non-hydrogen) atoms. The van der Waals surface area contributed by atoms with E-state index in [0.29, 0.717) is 17.6 Å². The van der Waals surface area contributed by atoms with Gasteiger partial charge in [0.1, 0.15) is 5.75 Å². The van der Waals surface area contributed by atoms with Crippen molar-refractivity contribution in [1.82, 2.24) is 5.32 Å². The summed E-state index contributed by atoms with van der Waals surface area (Å²) in [5, 5.41) is 14.4. The third kappa shape index (κ3) is 3.18. The number of hydrogen-bond donors (Lipinski definition) is 2. The third-order valence-electron chi connectivity index (χ3n) is 3.77. The molecule has 0 aliphatic carbocycles. The SMILES string of the molecule is CC(C)c1cc(Cl)cc(CC2CCNCC2)c1O. The Kier molecular flexibility index (Phi) is 4.52. The highest BCUT2D eigenvalue weighted by Crippen LogP contribution is 2.34. The molecule has 1 aromatic rings. The standard InChI is InChI=1S/C15H22ClNO/c1-10(2)14-9-13(16)8-12(15(14)18)7-11-3-5-17-6-4-11/h8-11,17-18H,3-7H2,1-2H3. The van der Waals surface area contributed by atoms with E-state index in [9.17, 15) is 5.11 Å². The molecule has 2 N–H and O–H groups in total. The summed E-state index contributed by atoms with van der Waals surface area (Å²) in [7, 11) is 0. The fourth-order valence-electron chi connectivity index (χ4n) is 2.67. The van der Waals surface area contributed by atoms with Gasteiger partial charge in [0.15, 0.2) is 0 Å². The second-order valence-electron chi connectivity index (χ2n) is 5.55. The van der Waals surface area contributed by atoms with Crippen LogP contribution in [-0.4, -0.2) is 18.2 Å². The Balaban J connectivity index is 2.21. The van der Waals surface area contributed by atoms with E-state index in [2.05, 4.69) is 19.2 Å². The highest BCUT2D eigenvalue weighted by Gasteiger charge is 2.18. The van der Waals surface area contributed by atoms with Crippen LogP contribution in [0.4, 0.5) is 0 Å². The molecule has 100 valence electrons. The highest BCUT2D eigenvalue weighted by molar-refractivity contribution is 6.30. The van der Waals surface area contributed by atoms with Crippen LogP contribution >= 0.6 is 11.6 Å². The zero-order chi connectivity index (χ0) is 13.1. The average Bonchev–Trinajstić information content (AvgIpc) is 2.34. The van der Waals surface area contributed by atoms with Crippen molar-refractivity contribution in [2.24, 2.45) is 5.92 Å². The molecule has 1 heterocycles. The van der Waals surface area contributed by atoms with Crippen LogP contribution < -0.4 is 5.32 Å². The van der Waals surface area contributed by atoms with Gasteiger partial charge in [0.2, 0.25) is 0 Å². The van der Waals surface area contributed by atoms with Crippen molar-refractivity contribution in [2.45, 2.75) is 39.0 Å². The van der Waals surface area contributed by atoms with Crippen molar-refractivity contribution in [1.29, 1.82) is 0 Å². The van der Waals surface area contributed by atoms with Gasteiger partial charge in [-0.15, -0.1) is 0 Å². The Morgan fingerprint density at radius 2 is 2.00 bits per heavy atom. The lowest BCUT2D eigenvalue weighted by Gasteiger charge is -2.23. The Morgan fingerprint density at radius 1 is 1.33 bits per heavy atom. The van der Waals surface area contributed by atoms with Crippen molar-refractivity contribution in [3.05, 3.63) is 28.3 Å². The van der Waals surface area contributed by atoms with E-state index >= 15 is 0 Å². The third-order valence-corrected chi connectivity index (χ3v) is 3.99. The Bertz CT molecular complexity index is 411. The lowest BCUT2D eigenvalue weighted by atomic mass is 9.88. The van der Waals surface area contributed by atoms with Crippen molar-refractivity contribution < 1.29 is 5.11 Å². The van der Waals surface area contributed by atoms with Crippen molar-refractivity contribution >= 4 is 11.6 Å². The van der Waals surface area contributed by atoms with Crippen molar-refractivity contribution in [3.63, 3.8) is 0 Å². The number of piperidine rings is 1. The maximum atomic E-state index is 10.3. The van der Waals surface area contributed by atoms with Gasteiger partial charge < -0.3 is 10.4 Å². The Morgan fingerprint density at radius 3 is 2.61 bits per heavy atom. The molecule has 0 amide bonds. The molecule has 3 heteroatoms. The van der Waals surface area contributed by atoms with Gasteiger partial charge in [0.25, 0.3) is 0 Å². The van der Waals surface area contributed by atoms with Crippen LogP contribution in [0.15, 0.2) is 12.1 Å². The van der Waals surface area contributed by atoms with E-state index in [1.54, 1.807) is 0 Å². The summed E-state index contributed by atoms with van der Waals surface area (Å²) < 4.78 is 0. The van der Waals surface area contributed by atoms with Gasteiger partial charge in [0, 0.05) is 5.02 Å². The fraction of sp³-hybridized carbons (Fsp3) is 0.600. The molecule has 1 aliphatic heterocycles. The summed E-state index contributed by atoms with van der Waals surface area (Å²) in [6.07, 6.45) is 3.31. The summed E-state index contributed by atoms with van der Waals surface area (Å²) in [6.45, 7) is 6.34. The molecule has 2 rings (SSSR count). The van der Waals surface area contributed by atoms with E-state index in [-0.39, 0.29) is 0 Å². The lowest BCUT2D eigenvalue weighted by Crippen LogP contribution is -2.28. The summed E-state index contributed by atoms with van der Waals surface area (Å²) >= 11 is 6.16. The molecule has 1 fully saturated rings. The second kappa shape index (κ2) is 5.94. The minimum atomic E-state index is 0.301. The van der Waals surface area contributed by atoms with Crippen molar-refractivity contribution in [2.75, 3.05) is 13.1 Å². The molecule has 0 bridgehead atoms. The summed E-state index contributed by atoms with van der Waals surface area (Å²) in [6, 6.07) is 3.80. The van der Waals surface area contributed by atoms with Gasteiger partial charge in [-0.2, -0.15) is 0 Å². The van der Waals surface area contributed by atoms with Crippen LogP contribution in [0.3, 0.4) is 0 Å². The molecular weight excluding hydrogens is 246 g/mol. The number of phenols is 1. The lowest BCUT2D eigenvalue weighted by molar-refractivity contribution is 0.365. The topological polar surface area (TPSA) is 32.3 Å². The van der Waals surface area contributed by atoms with E-state index in [4.69, 9.17) is 11.6 Å². The van der Waals surface area contributed by atoms with Gasteiger partial charge in [-0.25, -0.2) is 0 Å². The first-order chi connectivity index (χ1) is 8.58. The largest absolute Gasteiger partial charge is 0.507 e. The van der Waals surface area contributed by atoms with Crippen LogP contribution in [0, 0.1) is 5.92 Å². The Hall–Kier alpha value is -0.730. The molecular formula is C15H22ClNO. The van der Waals surface area contributed by atoms with E-state index in [1.807, 2.05) is 12.1 Å². The van der Waals surface area contributed by atoms with Crippen LogP contribution in [0.2, 0.25) is 5.02 Å². The fourth-order valence-corrected chi connectivity index (χ4v) is 2.92. The predicted octanol–water partition coefficient (Wildman–Crippen LogP) is 3.71. The molecule has 0 atom stereocenters. The van der Waals surface area contributed by atoms with Crippen LogP contribution in [0.5, 0.6) is 5.75 Å². The molecule has 1 saturated heterocycles. The molecule has 0 spiro atoms. The van der Waals surface area contributed by atoms with E-state index in [1.165, 1.54) is 12.8 Å². The van der Waals surface area contributed by atoms with Crippen LogP contribution in [0.1, 0.15) is 43.7 Å². The van der Waals surface area contributed by atoms with Gasteiger partial charge in [-0.05, 0) is 67.4 Å². The molecule has 2 nitrogen and oxygen atoms in total. The number of phenolic OH excluding ortho intramolecular Hbond substituents is 1. The average molecular weight is 268 g/mol. The normalized spacial score (nSPS) is 17.3. The van der Waals surface area contributed by atoms with Gasteiger partial charge >= 0.3 is 0 Å². The minimum absolute atomic E-state index is 0.301. The second-order valence-corrected chi connectivity index (χ2v) is 5.99. The molecule has 0 aromatic heterocycles. The first-order valence-corrected chi connectivity index (χ1v) is 7.17. The molecule has 0 radical (unpaired) electrons. The first-order valence-electron chi connectivity index (χ1n) is 6.80. The zero-order valence-corrected chi connectivity index (χ0v) is 11.9. The molecule has 1 aromatic carbocycles. The number of aromatic hydroxyl groups is 1. The van der Waals surface area contributed by atoms with Gasteiger partial charge in [-0.1, -0.05) is 25.4 Å². The molecule has 1 aliphatic rings. The summed E-state index contributed by atoms with van der Waals surface area (Å²) in [5.74, 6) is 1.42. The number of nitrogens with one attached hydrogen (secondary N) is 1. The summed E-state index contributed by atoms with van der Waals surface area (Å²) in [5.41, 5.74) is 1.98. The predicted molar refractivity (Wildman–Crippen MR) is 76.5 cm³/mol. The zero-order valence-electron chi connectivity index (χ0n) is 11.2. The number of rotatable bonds is 3. The van der Waals surface area contributed by atoms with E-state index < -0.39 is 0 Å². The van der Waals surface area contributed by atoms with Crippen LogP contribution in [0.25, 0.3) is 0 Å². The number of halogens is 1. The maximum absolute atomic E-state index is 10.3. The van der Waals surface area contributed by atoms with E-state index in [0.717, 1.165) is 35.7 Å². The van der Waals surface area contributed by atoms with Crippen LogP contribution in [-0.2, 0) is 6.42 Å². The summed E-state index contributed by atoms with van der Waals surface area (Å²) in [4.78, 5) is 0. The van der Waals surface area contributed by atoms with Crippen molar-refractivity contribution in [3.8, 4) is 5.75 Å². The molecule has 0 saturated carbocycles. The quantitative estimate of drug-likeness (QED) is 0.875. The number of hydrogen-bond acceptors (Lipinski definition) is 2. The monoisotopic (exact) mass is 267 g/mol.